The summed E-state index contributed by atoms with van der Waals surface area (Å²) in [6.07, 6.45) is 0. The lowest BCUT2D eigenvalue weighted by molar-refractivity contribution is -0.135. The molecule has 8 heavy (non-hydrogen) atoms. The third-order valence-corrected chi connectivity index (χ3v) is 0.632. The monoisotopic (exact) mass is 133 g/mol. The van der Waals surface area contributed by atoms with Crippen LogP contribution in [0.2, 0.25) is 0 Å². The van der Waals surface area contributed by atoms with Gasteiger partial charge in [0, 0.05) is 0 Å². The summed E-state index contributed by atoms with van der Waals surface area (Å²) in [7, 11) is 0. The zero-order valence-electron chi connectivity index (χ0n) is 4.46. The van der Waals surface area contributed by atoms with Crippen molar-refractivity contribution in [3.8, 4) is 0 Å². The largest absolute Gasteiger partial charge is 0.421 e. The van der Waals surface area contributed by atoms with Gasteiger partial charge in [-0.05, 0) is 19.1 Å². The Morgan fingerprint density at radius 2 is 2.50 bits per heavy atom. The summed E-state index contributed by atoms with van der Waals surface area (Å²) < 4.78 is 4.23. The quantitative estimate of drug-likeness (QED) is 0.420. The van der Waals surface area contributed by atoms with E-state index in [2.05, 4.69) is 17.0 Å². The lowest BCUT2D eigenvalue weighted by atomic mass is 10.4. The lowest BCUT2D eigenvalue weighted by Gasteiger charge is -1.98. The molecule has 0 saturated heterocycles. The number of nitrogens with two attached hydrogens (primary N) is 1. The van der Waals surface area contributed by atoms with Gasteiger partial charge in [-0.1, -0.05) is 0 Å². The molecule has 0 aromatic carbocycles. The molecule has 0 rings (SSSR count). The minimum Gasteiger partial charge on any atom is -0.421 e. The zero-order valence-corrected chi connectivity index (χ0v) is 5.27. The summed E-state index contributed by atoms with van der Waals surface area (Å²) >= 11 is 4.22. The van der Waals surface area contributed by atoms with E-state index in [1.165, 1.54) is 6.92 Å². The van der Waals surface area contributed by atoms with Crippen molar-refractivity contribution in [2.45, 2.75) is 13.0 Å². The third kappa shape index (κ3) is 2.65. The van der Waals surface area contributed by atoms with Crippen LogP contribution in [-0.2, 0) is 9.53 Å². The van der Waals surface area contributed by atoms with Crippen molar-refractivity contribution >= 4 is 23.7 Å². The van der Waals surface area contributed by atoms with E-state index in [-0.39, 0.29) is 0 Å². The minimum atomic E-state index is -0.589. The van der Waals surface area contributed by atoms with E-state index in [0.717, 1.165) is 5.55 Å². The van der Waals surface area contributed by atoms with Gasteiger partial charge in [0.05, 0.1) is 0 Å². The molecule has 0 aromatic rings. The first kappa shape index (κ1) is 7.52. The molecule has 0 aliphatic heterocycles. The van der Waals surface area contributed by atoms with Gasteiger partial charge < -0.3 is 10.5 Å². The third-order valence-electron chi connectivity index (χ3n) is 0.536. The van der Waals surface area contributed by atoms with Crippen molar-refractivity contribution in [3.05, 3.63) is 0 Å². The van der Waals surface area contributed by atoms with Gasteiger partial charge in [0.1, 0.15) is 6.04 Å². The SMILES string of the molecule is C[C@H](N)C(=O)OC=S. The highest BCUT2D eigenvalue weighted by Gasteiger charge is 2.05. The van der Waals surface area contributed by atoms with Crippen molar-refractivity contribution in [1.82, 2.24) is 0 Å². The highest BCUT2D eigenvalue weighted by molar-refractivity contribution is 7.78. The fourth-order valence-corrected chi connectivity index (χ4v) is 0.250. The van der Waals surface area contributed by atoms with Gasteiger partial charge in [-0.15, -0.1) is 0 Å². The summed E-state index contributed by atoms with van der Waals surface area (Å²) in [5.41, 5.74) is 5.98. The molecule has 0 spiro atoms. The average Bonchev–Trinajstić information content (AvgIpc) is 1.67. The molecule has 0 aliphatic rings. The van der Waals surface area contributed by atoms with Crippen LogP contribution in [0.25, 0.3) is 0 Å². The van der Waals surface area contributed by atoms with Crippen LogP contribution in [0.4, 0.5) is 0 Å². The van der Waals surface area contributed by atoms with Crippen LogP contribution in [0, 0.1) is 0 Å². The maximum Gasteiger partial charge on any atom is 0.328 e. The zero-order chi connectivity index (χ0) is 6.57. The number of rotatable bonds is 2. The van der Waals surface area contributed by atoms with Crippen LogP contribution in [-0.4, -0.2) is 17.6 Å². The fraction of sp³-hybridized carbons (Fsp3) is 0.500. The van der Waals surface area contributed by atoms with Crippen LogP contribution >= 0.6 is 12.2 Å². The topological polar surface area (TPSA) is 52.3 Å². The maximum atomic E-state index is 10.3. The van der Waals surface area contributed by atoms with Crippen LogP contribution in [0.1, 0.15) is 6.92 Å². The second-order valence-corrected chi connectivity index (χ2v) is 1.51. The molecule has 0 saturated carbocycles. The molecule has 0 amide bonds. The van der Waals surface area contributed by atoms with Crippen molar-refractivity contribution in [1.29, 1.82) is 0 Å². The smallest absolute Gasteiger partial charge is 0.328 e. The molecular formula is C4H7NO2S. The number of esters is 1. The number of ether oxygens (including phenoxy) is 1. The molecule has 2 N–H and O–H groups in total. The summed E-state index contributed by atoms with van der Waals surface area (Å²) in [4.78, 5) is 10.3. The molecule has 46 valence electrons. The molecule has 0 heterocycles. The molecule has 0 aliphatic carbocycles. The van der Waals surface area contributed by atoms with E-state index in [4.69, 9.17) is 5.73 Å². The average molecular weight is 133 g/mol. The molecule has 0 aromatic heterocycles. The van der Waals surface area contributed by atoms with E-state index in [9.17, 15) is 4.79 Å². The van der Waals surface area contributed by atoms with Crippen LogP contribution in [0.3, 0.4) is 0 Å². The van der Waals surface area contributed by atoms with E-state index >= 15 is 0 Å². The van der Waals surface area contributed by atoms with E-state index in [1.54, 1.807) is 0 Å². The predicted molar refractivity (Wildman–Crippen MR) is 33.4 cm³/mol. The Balaban J connectivity index is 3.48. The van der Waals surface area contributed by atoms with Crippen LogP contribution in [0.15, 0.2) is 0 Å². The molecule has 0 fully saturated rings. The molecular weight excluding hydrogens is 126 g/mol. The molecule has 1 atom stereocenters. The number of thiocarbonyl (C=S) groups is 1. The summed E-state index contributed by atoms with van der Waals surface area (Å²) in [6.45, 7) is 1.53. The first-order chi connectivity index (χ1) is 3.68. The minimum absolute atomic E-state index is 0.500. The van der Waals surface area contributed by atoms with Crippen molar-refractivity contribution in [3.63, 3.8) is 0 Å². The Labute approximate surface area is 52.8 Å². The van der Waals surface area contributed by atoms with Crippen LogP contribution < -0.4 is 5.73 Å². The fourth-order valence-electron chi connectivity index (χ4n) is 0.155. The normalized spacial score (nSPS) is 12.2. The molecule has 3 nitrogen and oxygen atoms in total. The lowest BCUT2D eigenvalue weighted by Crippen LogP contribution is -2.27. The summed E-state index contributed by atoms with van der Waals surface area (Å²) in [6, 6.07) is -0.589. The first-order valence-corrected chi connectivity index (χ1v) is 2.55. The Morgan fingerprint density at radius 3 is 2.62 bits per heavy atom. The number of hydrogen-bond donors (Lipinski definition) is 1. The highest BCUT2D eigenvalue weighted by Crippen LogP contribution is 1.78. The Bertz CT molecular complexity index is 102. The molecule has 0 unspecified atom stereocenters. The maximum absolute atomic E-state index is 10.3. The van der Waals surface area contributed by atoms with Gasteiger partial charge in [-0.25, -0.2) is 4.79 Å². The van der Waals surface area contributed by atoms with Gasteiger partial charge in [0.2, 0.25) is 0 Å². The Kier molecular flexibility index (Phi) is 3.30. The Morgan fingerprint density at radius 1 is 2.00 bits per heavy atom. The summed E-state index contributed by atoms with van der Waals surface area (Å²) in [5.74, 6) is -0.500. The van der Waals surface area contributed by atoms with Gasteiger partial charge in [-0.3, -0.25) is 0 Å². The second-order valence-electron chi connectivity index (χ2n) is 1.32. The molecule has 4 heteroatoms. The van der Waals surface area contributed by atoms with Gasteiger partial charge >= 0.3 is 5.97 Å². The molecule has 0 radical (unpaired) electrons. The van der Waals surface area contributed by atoms with Crippen molar-refractivity contribution in [2.24, 2.45) is 5.73 Å². The van der Waals surface area contributed by atoms with E-state index < -0.39 is 12.0 Å². The highest BCUT2D eigenvalue weighted by atomic mass is 32.1. The number of hydrogen-bond acceptors (Lipinski definition) is 4. The Hall–Kier alpha value is -0.480. The van der Waals surface area contributed by atoms with Gasteiger partial charge in [-0.2, -0.15) is 0 Å². The van der Waals surface area contributed by atoms with Crippen molar-refractivity contribution in [2.75, 3.05) is 0 Å². The predicted octanol–water partition coefficient (Wildman–Crippen LogP) is -0.166. The van der Waals surface area contributed by atoms with E-state index in [0.29, 0.717) is 0 Å². The standard InChI is InChI=1S/C4H7NO2S/c1-3(5)4(6)7-2-8/h2-3H,5H2,1H3/t3-/m0/s1. The van der Waals surface area contributed by atoms with Gasteiger partial charge in [0.25, 0.3) is 0 Å². The molecule has 0 bridgehead atoms. The summed E-state index contributed by atoms with van der Waals surface area (Å²) in [5, 5.41) is 0. The first-order valence-electron chi connectivity index (χ1n) is 2.08. The van der Waals surface area contributed by atoms with Crippen LogP contribution in [0.5, 0.6) is 0 Å². The van der Waals surface area contributed by atoms with Crippen molar-refractivity contribution < 1.29 is 9.53 Å². The van der Waals surface area contributed by atoms with E-state index in [1.807, 2.05) is 0 Å². The number of carbonyl (C=O) groups is 1. The van der Waals surface area contributed by atoms with Gasteiger partial charge in [0.15, 0.2) is 5.55 Å². The number of carbonyl (C=O) groups excluding carboxylic acids is 1. The second kappa shape index (κ2) is 3.51.